The molecular formula is C15H15BrN2O3. The lowest BCUT2D eigenvalue weighted by molar-refractivity contribution is -0.118. The fraction of sp³-hybridized carbons (Fsp3) is 0.133. The van der Waals surface area contributed by atoms with Crippen molar-refractivity contribution in [3.8, 4) is 11.5 Å². The first kappa shape index (κ1) is 15.2. The molecule has 2 aromatic carbocycles. The third kappa shape index (κ3) is 4.39. The van der Waals surface area contributed by atoms with Crippen LogP contribution in [0.15, 0.2) is 46.9 Å². The number of nitrogens with two attached hydrogens (primary N) is 1. The molecular weight excluding hydrogens is 336 g/mol. The van der Waals surface area contributed by atoms with Gasteiger partial charge in [-0.05, 0) is 30.3 Å². The summed E-state index contributed by atoms with van der Waals surface area (Å²) in [6.07, 6.45) is 0. The molecule has 0 unspecified atom stereocenters. The van der Waals surface area contributed by atoms with Crippen LogP contribution in [0, 0.1) is 0 Å². The van der Waals surface area contributed by atoms with Crippen LogP contribution < -0.4 is 20.5 Å². The van der Waals surface area contributed by atoms with Crippen molar-refractivity contribution >= 4 is 33.2 Å². The lowest BCUT2D eigenvalue weighted by Gasteiger charge is -2.10. The van der Waals surface area contributed by atoms with Crippen molar-refractivity contribution < 1.29 is 14.3 Å². The molecule has 0 aliphatic heterocycles. The molecule has 5 nitrogen and oxygen atoms in total. The van der Waals surface area contributed by atoms with Gasteiger partial charge in [0, 0.05) is 10.5 Å². The summed E-state index contributed by atoms with van der Waals surface area (Å²) < 4.78 is 11.3. The van der Waals surface area contributed by atoms with E-state index >= 15 is 0 Å². The average molecular weight is 351 g/mol. The summed E-state index contributed by atoms with van der Waals surface area (Å²) >= 11 is 3.34. The van der Waals surface area contributed by atoms with Crippen LogP contribution in [0.3, 0.4) is 0 Å². The Balaban J connectivity index is 1.93. The maximum absolute atomic E-state index is 11.8. The number of nitrogen functional groups attached to an aromatic ring is 1. The van der Waals surface area contributed by atoms with E-state index in [1.54, 1.807) is 37.4 Å². The maximum atomic E-state index is 11.8. The molecule has 1 amide bonds. The van der Waals surface area contributed by atoms with Gasteiger partial charge in [-0.2, -0.15) is 0 Å². The number of hydrogen-bond acceptors (Lipinski definition) is 4. The molecule has 0 spiro atoms. The molecule has 0 aromatic heterocycles. The summed E-state index contributed by atoms with van der Waals surface area (Å²) in [6.45, 7) is -0.0953. The highest BCUT2D eigenvalue weighted by Crippen LogP contribution is 2.24. The first-order valence-electron chi connectivity index (χ1n) is 6.20. The normalized spacial score (nSPS) is 10.0. The largest absolute Gasteiger partial charge is 0.497 e. The Morgan fingerprint density at radius 1 is 1.24 bits per heavy atom. The molecule has 21 heavy (non-hydrogen) atoms. The van der Waals surface area contributed by atoms with Crippen LogP contribution in [0.5, 0.6) is 11.5 Å². The number of carbonyl (C=O) groups is 1. The minimum Gasteiger partial charge on any atom is -0.497 e. The van der Waals surface area contributed by atoms with E-state index in [1.807, 2.05) is 12.1 Å². The van der Waals surface area contributed by atoms with Gasteiger partial charge in [0.1, 0.15) is 11.5 Å². The summed E-state index contributed by atoms with van der Waals surface area (Å²) in [5, 5.41) is 2.69. The number of methoxy groups -OCH3 is 1. The van der Waals surface area contributed by atoms with Crippen LogP contribution in [0.1, 0.15) is 0 Å². The number of rotatable bonds is 5. The van der Waals surface area contributed by atoms with E-state index in [1.165, 1.54) is 0 Å². The summed E-state index contributed by atoms with van der Waals surface area (Å²) in [4.78, 5) is 11.8. The number of ether oxygens (including phenoxy) is 2. The first-order chi connectivity index (χ1) is 10.1. The zero-order chi connectivity index (χ0) is 15.2. The van der Waals surface area contributed by atoms with Crippen molar-refractivity contribution in [1.82, 2.24) is 0 Å². The van der Waals surface area contributed by atoms with Gasteiger partial charge in [-0.25, -0.2) is 0 Å². The van der Waals surface area contributed by atoms with Crippen LogP contribution in [-0.2, 0) is 4.79 Å². The predicted molar refractivity (Wildman–Crippen MR) is 85.7 cm³/mol. The van der Waals surface area contributed by atoms with Crippen molar-refractivity contribution in [1.29, 1.82) is 0 Å². The number of nitrogens with one attached hydrogen (secondary N) is 1. The molecule has 0 saturated carbocycles. The van der Waals surface area contributed by atoms with Gasteiger partial charge >= 0.3 is 0 Å². The number of benzene rings is 2. The summed E-state index contributed by atoms with van der Waals surface area (Å²) in [5.41, 5.74) is 6.79. The quantitative estimate of drug-likeness (QED) is 0.812. The molecule has 6 heteroatoms. The summed E-state index contributed by atoms with van der Waals surface area (Å²) in [7, 11) is 1.55. The second kappa shape index (κ2) is 6.99. The van der Waals surface area contributed by atoms with Crippen molar-refractivity contribution in [2.45, 2.75) is 0 Å². The molecule has 0 saturated heterocycles. The molecule has 0 radical (unpaired) electrons. The highest BCUT2D eigenvalue weighted by molar-refractivity contribution is 9.10. The van der Waals surface area contributed by atoms with E-state index in [0.29, 0.717) is 22.9 Å². The maximum Gasteiger partial charge on any atom is 0.262 e. The van der Waals surface area contributed by atoms with E-state index in [9.17, 15) is 4.79 Å². The minimum atomic E-state index is -0.285. The number of halogens is 1. The average Bonchev–Trinajstić information content (AvgIpc) is 2.47. The Morgan fingerprint density at radius 2 is 2.05 bits per heavy atom. The fourth-order valence-electron chi connectivity index (χ4n) is 1.67. The van der Waals surface area contributed by atoms with Crippen LogP contribution in [0.25, 0.3) is 0 Å². The molecule has 110 valence electrons. The first-order valence-corrected chi connectivity index (χ1v) is 6.99. The lowest BCUT2D eigenvalue weighted by Crippen LogP contribution is -2.20. The Labute approximate surface area is 131 Å². The Bertz CT molecular complexity index is 647. The molecule has 2 rings (SSSR count). The number of anilines is 2. The molecule has 0 aliphatic rings. The number of carbonyl (C=O) groups excluding carboxylic acids is 1. The Kier molecular flexibility index (Phi) is 5.05. The smallest absolute Gasteiger partial charge is 0.262 e. The molecule has 0 aliphatic carbocycles. The van der Waals surface area contributed by atoms with Crippen LogP contribution in [0.4, 0.5) is 11.4 Å². The lowest BCUT2D eigenvalue weighted by atomic mass is 10.2. The van der Waals surface area contributed by atoms with Crippen molar-refractivity contribution in [3.05, 3.63) is 46.9 Å². The zero-order valence-electron chi connectivity index (χ0n) is 11.4. The van der Waals surface area contributed by atoms with Crippen LogP contribution >= 0.6 is 15.9 Å². The topological polar surface area (TPSA) is 73.6 Å². The van der Waals surface area contributed by atoms with Crippen molar-refractivity contribution in [2.75, 3.05) is 24.8 Å². The second-order valence-corrected chi connectivity index (χ2v) is 5.16. The number of hydrogen-bond donors (Lipinski definition) is 2. The SMILES string of the molecule is COc1ccc(NC(=O)COc2cccc(Br)c2)c(N)c1. The number of amides is 1. The summed E-state index contributed by atoms with van der Waals surface area (Å²) in [5.74, 6) is 0.963. The van der Waals surface area contributed by atoms with Gasteiger partial charge in [-0.3, -0.25) is 4.79 Å². The van der Waals surface area contributed by atoms with Gasteiger partial charge in [-0.1, -0.05) is 22.0 Å². The molecule has 0 bridgehead atoms. The fourth-order valence-corrected chi connectivity index (χ4v) is 2.05. The van der Waals surface area contributed by atoms with Crippen molar-refractivity contribution in [3.63, 3.8) is 0 Å². The highest BCUT2D eigenvalue weighted by Gasteiger charge is 2.07. The third-order valence-corrected chi connectivity index (χ3v) is 3.19. The highest BCUT2D eigenvalue weighted by atomic mass is 79.9. The molecule has 3 N–H and O–H groups in total. The van der Waals surface area contributed by atoms with E-state index in [0.717, 1.165) is 4.47 Å². The molecule has 0 fully saturated rings. The van der Waals surface area contributed by atoms with Gasteiger partial charge in [0.15, 0.2) is 6.61 Å². The van der Waals surface area contributed by atoms with E-state index in [-0.39, 0.29) is 12.5 Å². The second-order valence-electron chi connectivity index (χ2n) is 4.25. The van der Waals surface area contributed by atoms with Gasteiger partial charge < -0.3 is 20.5 Å². The van der Waals surface area contributed by atoms with Crippen LogP contribution in [-0.4, -0.2) is 19.6 Å². The minimum absolute atomic E-state index is 0.0953. The molecule has 2 aromatic rings. The monoisotopic (exact) mass is 350 g/mol. The van der Waals surface area contributed by atoms with Gasteiger partial charge in [0.2, 0.25) is 0 Å². The standard InChI is InChI=1S/C15H15BrN2O3/c1-20-11-5-6-14(13(17)8-11)18-15(19)9-21-12-4-2-3-10(16)7-12/h2-8H,9,17H2,1H3,(H,18,19). The Hall–Kier alpha value is -2.21. The van der Waals surface area contributed by atoms with Gasteiger partial charge in [0.05, 0.1) is 18.5 Å². The van der Waals surface area contributed by atoms with Gasteiger partial charge in [0.25, 0.3) is 5.91 Å². The Morgan fingerprint density at radius 3 is 2.71 bits per heavy atom. The van der Waals surface area contributed by atoms with E-state index in [4.69, 9.17) is 15.2 Å². The molecule has 0 atom stereocenters. The summed E-state index contributed by atoms with van der Waals surface area (Å²) in [6, 6.07) is 12.3. The molecule has 0 heterocycles. The van der Waals surface area contributed by atoms with Crippen molar-refractivity contribution in [2.24, 2.45) is 0 Å². The van der Waals surface area contributed by atoms with E-state index < -0.39 is 0 Å². The van der Waals surface area contributed by atoms with E-state index in [2.05, 4.69) is 21.2 Å². The predicted octanol–water partition coefficient (Wildman–Crippen LogP) is 3.06. The van der Waals surface area contributed by atoms with Gasteiger partial charge in [-0.15, -0.1) is 0 Å². The third-order valence-electron chi connectivity index (χ3n) is 2.70. The zero-order valence-corrected chi connectivity index (χ0v) is 13.0. The van der Waals surface area contributed by atoms with Crippen LogP contribution in [0.2, 0.25) is 0 Å².